The Kier molecular flexibility index (Phi) is 3.97. The summed E-state index contributed by atoms with van der Waals surface area (Å²) in [5.74, 6) is -1.41. The van der Waals surface area contributed by atoms with Crippen LogP contribution in [0.4, 0.5) is 0 Å². The number of carboxylic acid groups (broad SMARTS) is 1. The van der Waals surface area contributed by atoms with Gasteiger partial charge in [0.25, 0.3) is 5.56 Å². The summed E-state index contributed by atoms with van der Waals surface area (Å²) in [4.78, 5) is 49.8. The van der Waals surface area contributed by atoms with Crippen LogP contribution in [0.5, 0.6) is 0 Å². The van der Waals surface area contributed by atoms with E-state index in [2.05, 4.69) is 4.98 Å². The molecule has 9 heteroatoms. The molecule has 0 atom stereocenters. The lowest BCUT2D eigenvalue weighted by Crippen LogP contribution is -2.41. The van der Waals surface area contributed by atoms with E-state index in [1.807, 2.05) is 0 Å². The van der Waals surface area contributed by atoms with Gasteiger partial charge in [-0.2, -0.15) is 0 Å². The van der Waals surface area contributed by atoms with E-state index in [4.69, 9.17) is 0 Å². The third-order valence-corrected chi connectivity index (χ3v) is 3.77. The van der Waals surface area contributed by atoms with E-state index < -0.39 is 22.8 Å². The standard InChI is InChI=1S/C16H14N4O5/c1-2-18-13(21)12(14(22)23)9-20(16(18)25)11-5-3-10(4-6-11)19-8-7-17-15(19)24/h3-9H,2H2,1H3,(H,17,24)(H,22,23). The number of hydrogen-bond acceptors (Lipinski definition) is 4. The Labute approximate surface area is 140 Å². The van der Waals surface area contributed by atoms with Gasteiger partial charge in [-0.25, -0.2) is 14.4 Å². The second-order valence-electron chi connectivity index (χ2n) is 5.20. The minimum atomic E-state index is -1.41. The molecule has 0 saturated heterocycles. The molecule has 25 heavy (non-hydrogen) atoms. The highest BCUT2D eigenvalue weighted by Gasteiger charge is 2.16. The lowest BCUT2D eigenvalue weighted by Gasteiger charge is -2.11. The third kappa shape index (κ3) is 2.71. The number of aromatic carboxylic acids is 1. The highest BCUT2D eigenvalue weighted by atomic mass is 16.4. The minimum absolute atomic E-state index is 0.0512. The quantitative estimate of drug-likeness (QED) is 0.702. The highest BCUT2D eigenvalue weighted by molar-refractivity contribution is 5.86. The predicted molar refractivity (Wildman–Crippen MR) is 88.9 cm³/mol. The van der Waals surface area contributed by atoms with E-state index in [-0.39, 0.29) is 12.2 Å². The molecule has 0 radical (unpaired) electrons. The maximum Gasteiger partial charge on any atom is 0.342 e. The van der Waals surface area contributed by atoms with Crippen LogP contribution < -0.4 is 16.9 Å². The number of H-pyrrole nitrogens is 1. The van der Waals surface area contributed by atoms with E-state index in [1.54, 1.807) is 37.4 Å². The van der Waals surface area contributed by atoms with Gasteiger partial charge in [0.15, 0.2) is 0 Å². The SMILES string of the molecule is CCn1c(=O)c(C(=O)O)cn(-c2ccc(-n3cc[nH]c3=O)cc2)c1=O. The van der Waals surface area contributed by atoms with Gasteiger partial charge in [0, 0.05) is 25.1 Å². The highest BCUT2D eigenvalue weighted by Crippen LogP contribution is 2.10. The summed E-state index contributed by atoms with van der Waals surface area (Å²) in [5.41, 5.74) is -1.33. The number of benzene rings is 1. The normalized spacial score (nSPS) is 10.8. The fourth-order valence-corrected chi connectivity index (χ4v) is 2.51. The number of hydrogen-bond donors (Lipinski definition) is 2. The van der Waals surface area contributed by atoms with Gasteiger partial charge in [0.05, 0.1) is 11.4 Å². The first-order chi connectivity index (χ1) is 11.9. The molecule has 0 aliphatic heterocycles. The maximum absolute atomic E-state index is 12.4. The van der Waals surface area contributed by atoms with Crippen molar-refractivity contribution in [2.75, 3.05) is 0 Å². The fourth-order valence-electron chi connectivity index (χ4n) is 2.51. The van der Waals surface area contributed by atoms with Gasteiger partial charge in [0.2, 0.25) is 0 Å². The van der Waals surface area contributed by atoms with Gasteiger partial charge in [0.1, 0.15) is 5.56 Å². The number of carbonyl (C=O) groups is 1. The molecule has 0 aliphatic rings. The molecule has 3 rings (SSSR count). The van der Waals surface area contributed by atoms with Crippen LogP contribution in [-0.2, 0) is 6.54 Å². The predicted octanol–water partition coefficient (Wildman–Crippen LogP) is 0.196. The van der Waals surface area contributed by atoms with Crippen LogP contribution in [-0.4, -0.2) is 29.8 Å². The van der Waals surface area contributed by atoms with Crippen molar-refractivity contribution < 1.29 is 9.90 Å². The molecule has 0 bridgehead atoms. The van der Waals surface area contributed by atoms with E-state index in [1.165, 1.54) is 10.8 Å². The van der Waals surface area contributed by atoms with Crippen LogP contribution in [0.25, 0.3) is 11.4 Å². The smallest absolute Gasteiger partial charge is 0.342 e. The molecule has 2 N–H and O–H groups in total. The van der Waals surface area contributed by atoms with E-state index in [0.29, 0.717) is 11.4 Å². The number of aromatic amines is 1. The van der Waals surface area contributed by atoms with E-state index >= 15 is 0 Å². The molecule has 2 heterocycles. The Bertz CT molecular complexity index is 1110. The van der Waals surface area contributed by atoms with Crippen molar-refractivity contribution in [1.82, 2.24) is 18.7 Å². The average molecular weight is 342 g/mol. The van der Waals surface area contributed by atoms with Gasteiger partial charge >= 0.3 is 17.3 Å². The molecule has 0 spiro atoms. The van der Waals surface area contributed by atoms with Crippen LogP contribution in [0.3, 0.4) is 0 Å². The van der Waals surface area contributed by atoms with Crippen LogP contribution in [0, 0.1) is 0 Å². The molecule has 0 amide bonds. The van der Waals surface area contributed by atoms with E-state index in [9.17, 15) is 24.3 Å². The van der Waals surface area contributed by atoms with Gasteiger partial charge in [-0.05, 0) is 31.2 Å². The molecule has 0 unspecified atom stereocenters. The summed E-state index contributed by atoms with van der Waals surface area (Å²) in [7, 11) is 0. The van der Waals surface area contributed by atoms with Crippen molar-refractivity contribution in [2.45, 2.75) is 13.5 Å². The number of carboxylic acids is 1. The zero-order chi connectivity index (χ0) is 18.1. The Morgan fingerprint density at radius 2 is 1.68 bits per heavy atom. The molecule has 0 aliphatic carbocycles. The van der Waals surface area contributed by atoms with Gasteiger partial charge in [-0.15, -0.1) is 0 Å². The van der Waals surface area contributed by atoms with Crippen LogP contribution in [0.2, 0.25) is 0 Å². The molecule has 128 valence electrons. The Hall–Kier alpha value is -3.62. The Morgan fingerprint density at radius 3 is 2.16 bits per heavy atom. The first-order valence-electron chi connectivity index (χ1n) is 7.40. The number of aromatic nitrogens is 4. The molecule has 0 fully saturated rings. The summed E-state index contributed by atoms with van der Waals surface area (Å²) in [5, 5.41) is 9.18. The van der Waals surface area contributed by atoms with Crippen molar-refractivity contribution in [2.24, 2.45) is 0 Å². The summed E-state index contributed by atoms with van der Waals surface area (Å²) in [6.45, 7) is 1.63. The molecular formula is C16H14N4O5. The number of rotatable bonds is 4. The van der Waals surface area contributed by atoms with Crippen molar-refractivity contribution >= 4 is 5.97 Å². The zero-order valence-corrected chi connectivity index (χ0v) is 13.2. The van der Waals surface area contributed by atoms with Crippen LogP contribution in [0.15, 0.2) is 57.2 Å². The van der Waals surface area contributed by atoms with Crippen LogP contribution >= 0.6 is 0 Å². The number of imidazole rings is 1. The van der Waals surface area contributed by atoms with E-state index in [0.717, 1.165) is 15.3 Å². The Morgan fingerprint density at radius 1 is 1.08 bits per heavy atom. The average Bonchev–Trinajstić information content (AvgIpc) is 3.01. The summed E-state index contributed by atoms with van der Waals surface area (Å²) in [6, 6.07) is 6.34. The van der Waals surface area contributed by atoms with Crippen LogP contribution in [0.1, 0.15) is 17.3 Å². The van der Waals surface area contributed by atoms with Crippen molar-refractivity contribution in [3.63, 3.8) is 0 Å². The fraction of sp³-hybridized carbons (Fsp3) is 0.125. The number of nitrogens with zero attached hydrogens (tertiary/aromatic N) is 3. The molecule has 2 aromatic heterocycles. The summed E-state index contributed by atoms with van der Waals surface area (Å²) >= 11 is 0. The summed E-state index contributed by atoms with van der Waals surface area (Å²) < 4.78 is 3.33. The lowest BCUT2D eigenvalue weighted by atomic mass is 10.2. The number of nitrogens with one attached hydrogen (secondary N) is 1. The summed E-state index contributed by atoms with van der Waals surface area (Å²) in [6.07, 6.45) is 4.07. The monoisotopic (exact) mass is 342 g/mol. The van der Waals surface area contributed by atoms with Crippen molar-refractivity contribution in [3.05, 3.63) is 79.7 Å². The van der Waals surface area contributed by atoms with Crippen molar-refractivity contribution in [1.29, 1.82) is 0 Å². The Balaban J connectivity index is 2.17. The zero-order valence-electron chi connectivity index (χ0n) is 13.2. The second-order valence-corrected chi connectivity index (χ2v) is 5.20. The topological polar surface area (TPSA) is 119 Å². The maximum atomic E-state index is 12.4. The van der Waals surface area contributed by atoms with Gasteiger partial charge < -0.3 is 10.1 Å². The second kappa shape index (κ2) is 6.11. The first-order valence-corrected chi connectivity index (χ1v) is 7.40. The van der Waals surface area contributed by atoms with Gasteiger partial charge in [-0.3, -0.25) is 18.5 Å². The van der Waals surface area contributed by atoms with Gasteiger partial charge in [-0.1, -0.05) is 0 Å². The first kappa shape index (κ1) is 16.2. The minimum Gasteiger partial charge on any atom is -0.477 e. The molecular weight excluding hydrogens is 328 g/mol. The molecule has 1 aromatic carbocycles. The molecule has 9 nitrogen and oxygen atoms in total. The lowest BCUT2D eigenvalue weighted by molar-refractivity contribution is 0.0693. The largest absolute Gasteiger partial charge is 0.477 e. The van der Waals surface area contributed by atoms with Crippen molar-refractivity contribution in [3.8, 4) is 11.4 Å². The third-order valence-electron chi connectivity index (χ3n) is 3.77. The molecule has 3 aromatic rings. The molecule has 0 saturated carbocycles.